The van der Waals surface area contributed by atoms with Crippen LogP contribution in [0.2, 0.25) is 5.02 Å². The predicted molar refractivity (Wildman–Crippen MR) is 139 cm³/mol. The molecular formula is C27H26ClN3O2S. The number of para-hydroxylation sites is 1. The molecule has 0 aliphatic carbocycles. The average Bonchev–Trinajstić information content (AvgIpc) is 2.79. The van der Waals surface area contributed by atoms with E-state index in [0.29, 0.717) is 16.7 Å². The highest BCUT2D eigenvalue weighted by Crippen LogP contribution is 2.49. The van der Waals surface area contributed by atoms with Crippen LogP contribution in [0, 0.1) is 19.8 Å². The first kappa shape index (κ1) is 22.7. The third-order valence-electron chi connectivity index (χ3n) is 6.72. The smallest absolute Gasteiger partial charge is 0.236 e. The monoisotopic (exact) mass is 491 g/mol. The first-order valence-electron chi connectivity index (χ1n) is 11.2. The SMILES string of the molecule is Cc1ccc(NC(=O)[C@@H]2[C@H]3NC(=S)N(Cc4ccc(Cl)cc4)[C@@]2(C)Oc2ccccc23)c(C)c1. The van der Waals surface area contributed by atoms with E-state index < -0.39 is 11.6 Å². The number of halogens is 1. The summed E-state index contributed by atoms with van der Waals surface area (Å²) < 4.78 is 6.60. The van der Waals surface area contributed by atoms with Crippen molar-refractivity contribution in [1.82, 2.24) is 10.2 Å². The summed E-state index contributed by atoms with van der Waals surface area (Å²) in [6, 6.07) is 21.1. The van der Waals surface area contributed by atoms with Gasteiger partial charge in [0.05, 0.1) is 6.04 Å². The lowest BCUT2D eigenvalue weighted by molar-refractivity contribution is -0.150. The van der Waals surface area contributed by atoms with Crippen molar-refractivity contribution in [3.8, 4) is 5.75 Å². The summed E-state index contributed by atoms with van der Waals surface area (Å²) in [7, 11) is 0. The number of ether oxygens (including phenoxy) is 1. The third kappa shape index (κ3) is 3.91. The summed E-state index contributed by atoms with van der Waals surface area (Å²) >= 11 is 11.9. The number of hydrogen-bond donors (Lipinski definition) is 2. The molecule has 3 aromatic rings. The van der Waals surface area contributed by atoms with Crippen LogP contribution < -0.4 is 15.4 Å². The third-order valence-corrected chi connectivity index (χ3v) is 7.31. The molecule has 0 radical (unpaired) electrons. The minimum atomic E-state index is -0.996. The van der Waals surface area contributed by atoms with Gasteiger partial charge in [-0.3, -0.25) is 4.79 Å². The Kier molecular flexibility index (Phi) is 5.74. The Morgan fingerprint density at radius 3 is 2.62 bits per heavy atom. The summed E-state index contributed by atoms with van der Waals surface area (Å²) in [4.78, 5) is 15.8. The second-order valence-corrected chi connectivity index (χ2v) is 9.94. The molecule has 1 saturated heterocycles. The molecule has 2 heterocycles. The number of nitrogens with one attached hydrogen (secondary N) is 2. The zero-order valence-electron chi connectivity index (χ0n) is 19.3. The highest BCUT2D eigenvalue weighted by atomic mass is 35.5. The number of fused-ring (bicyclic) bond motifs is 4. The van der Waals surface area contributed by atoms with Crippen LogP contribution in [-0.2, 0) is 11.3 Å². The second kappa shape index (κ2) is 8.60. The molecule has 0 saturated carbocycles. The van der Waals surface area contributed by atoms with E-state index in [9.17, 15) is 4.79 Å². The Labute approximate surface area is 210 Å². The van der Waals surface area contributed by atoms with Crippen molar-refractivity contribution in [2.24, 2.45) is 5.92 Å². The van der Waals surface area contributed by atoms with Crippen LogP contribution in [0.5, 0.6) is 5.75 Å². The highest BCUT2D eigenvalue weighted by molar-refractivity contribution is 7.80. The van der Waals surface area contributed by atoms with Crippen LogP contribution in [0.1, 0.15) is 35.2 Å². The van der Waals surface area contributed by atoms with E-state index in [1.54, 1.807) is 0 Å². The number of carbonyl (C=O) groups excluding carboxylic acids is 1. The lowest BCUT2D eigenvalue weighted by Gasteiger charge is -2.56. The van der Waals surface area contributed by atoms with Crippen LogP contribution >= 0.6 is 23.8 Å². The van der Waals surface area contributed by atoms with Gasteiger partial charge in [0.1, 0.15) is 11.7 Å². The molecule has 0 unspecified atom stereocenters. The minimum absolute atomic E-state index is 0.120. The Bertz CT molecular complexity index is 1280. The Balaban J connectivity index is 1.55. The van der Waals surface area contributed by atoms with Gasteiger partial charge in [-0.2, -0.15) is 0 Å². The zero-order valence-corrected chi connectivity index (χ0v) is 20.8. The van der Waals surface area contributed by atoms with Gasteiger partial charge in [-0.05, 0) is 68.4 Å². The van der Waals surface area contributed by atoms with Gasteiger partial charge in [-0.1, -0.05) is 59.6 Å². The molecule has 1 fully saturated rings. The van der Waals surface area contributed by atoms with Crippen molar-refractivity contribution in [2.75, 3.05) is 5.32 Å². The van der Waals surface area contributed by atoms with E-state index in [4.69, 9.17) is 28.6 Å². The summed E-state index contributed by atoms with van der Waals surface area (Å²) in [5.41, 5.74) is 3.91. The molecule has 3 aromatic carbocycles. The number of anilines is 1. The molecular weight excluding hydrogens is 466 g/mol. The van der Waals surface area contributed by atoms with Gasteiger partial charge in [0.15, 0.2) is 10.8 Å². The fourth-order valence-corrected chi connectivity index (χ4v) is 5.46. The van der Waals surface area contributed by atoms with Gasteiger partial charge in [0.2, 0.25) is 5.91 Å². The quantitative estimate of drug-likeness (QED) is 0.455. The second-order valence-electron chi connectivity index (χ2n) is 9.12. The van der Waals surface area contributed by atoms with Gasteiger partial charge >= 0.3 is 0 Å². The fourth-order valence-electron chi connectivity index (χ4n) is 4.96. The van der Waals surface area contributed by atoms with E-state index >= 15 is 0 Å². The number of amides is 1. The minimum Gasteiger partial charge on any atom is -0.467 e. The van der Waals surface area contributed by atoms with Crippen molar-refractivity contribution < 1.29 is 9.53 Å². The summed E-state index contributed by atoms with van der Waals surface area (Å²) in [6.07, 6.45) is 0. The first-order valence-corrected chi connectivity index (χ1v) is 12.0. The van der Waals surface area contributed by atoms with E-state index in [0.717, 1.165) is 33.7 Å². The van der Waals surface area contributed by atoms with Crippen molar-refractivity contribution >= 4 is 40.5 Å². The Morgan fingerprint density at radius 2 is 1.88 bits per heavy atom. The number of aryl methyl sites for hydroxylation is 2. The van der Waals surface area contributed by atoms with E-state index in [2.05, 4.69) is 16.7 Å². The first-order chi connectivity index (χ1) is 16.3. The predicted octanol–water partition coefficient (Wildman–Crippen LogP) is 5.75. The molecule has 5 nitrogen and oxygen atoms in total. The van der Waals surface area contributed by atoms with Crippen LogP contribution in [0.3, 0.4) is 0 Å². The zero-order chi connectivity index (χ0) is 24.0. The molecule has 0 spiro atoms. The van der Waals surface area contributed by atoms with Crippen molar-refractivity contribution in [1.29, 1.82) is 0 Å². The molecule has 5 rings (SSSR count). The topological polar surface area (TPSA) is 53.6 Å². The van der Waals surface area contributed by atoms with Gasteiger partial charge < -0.3 is 20.3 Å². The molecule has 7 heteroatoms. The van der Waals surface area contributed by atoms with E-state index in [-0.39, 0.29) is 11.9 Å². The number of benzene rings is 3. The van der Waals surface area contributed by atoms with Gasteiger partial charge in [-0.25, -0.2) is 0 Å². The number of hydrogen-bond acceptors (Lipinski definition) is 3. The fraction of sp³-hybridized carbons (Fsp3) is 0.259. The van der Waals surface area contributed by atoms with Crippen LogP contribution in [-0.4, -0.2) is 21.6 Å². The molecule has 2 aliphatic heterocycles. The van der Waals surface area contributed by atoms with Gasteiger partial charge in [0.25, 0.3) is 0 Å². The maximum absolute atomic E-state index is 13.9. The van der Waals surface area contributed by atoms with Crippen LogP contribution in [0.25, 0.3) is 0 Å². The molecule has 0 aromatic heterocycles. The maximum atomic E-state index is 13.9. The van der Waals surface area contributed by atoms with Gasteiger partial charge in [0, 0.05) is 22.8 Å². The number of carbonyl (C=O) groups is 1. The number of nitrogens with zero attached hydrogens (tertiary/aromatic N) is 1. The highest BCUT2D eigenvalue weighted by Gasteiger charge is 2.58. The Morgan fingerprint density at radius 1 is 1.15 bits per heavy atom. The van der Waals surface area contributed by atoms with Crippen LogP contribution in [0.4, 0.5) is 5.69 Å². The summed E-state index contributed by atoms with van der Waals surface area (Å²) in [5.74, 6) is 0.0776. The van der Waals surface area contributed by atoms with Gasteiger partial charge in [-0.15, -0.1) is 0 Å². The summed E-state index contributed by atoms with van der Waals surface area (Å²) in [6.45, 7) is 6.46. The summed E-state index contributed by atoms with van der Waals surface area (Å²) in [5, 5.41) is 7.81. The lowest BCUT2D eigenvalue weighted by Crippen LogP contribution is -2.71. The normalized spacial score (nSPS) is 22.9. The molecule has 2 aliphatic rings. The van der Waals surface area contributed by atoms with Crippen molar-refractivity contribution in [3.05, 3.63) is 94.0 Å². The van der Waals surface area contributed by atoms with Crippen molar-refractivity contribution in [3.63, 3.8) is 0 Å². The molecule has 1 amide bonds. The molecule has 2 bridgehead atoms. The van der Waals surface area contributed by atoms with E-state index in [1.165, 1.54) is 0 Å². The van der Waals surface area contributed by atoms with Crippen molar-refractivity contribution in [2.45, 2.75) is 39.1 Å². The Hall–Kier alpha value is -3.09. The average molecular weight is 492 g/mol. The molecule has 34 heavy (non-hydrogen) atoms. The molecule has 2 N–H and O–H groups in total. The number of thiocarbonyl (C=S) groups is 1. The van der Waals surface area contributed by atoms with Crippen LogP contribution in [0.15, 0.2) is 66.7 Å². The molecule has 3 atom stereocenters. The largest absolute Gasteiger partial charge is 0.467 e. The maximum Gasteiger partial charge on any atom is 0.236 e. The standard InChI is InChI=1S/C27H26ClN3O2S/c1-16-8-13-21(17(2)14-16)29-25(32)23-24-20-6-4-5-7-22(20)33-27(23,3)31(26(34)30-24)15-18-9-11-19(28)12-10-18/h4-14,23-24H,15H2,1-3H3,(H,29,32)(H,30,34)/t23-,24-,27-/m0/s1. The number of rotatable bonds is 4. The lowest BCUT2D eigenvalue weighted by atomic mass is 9.78. The van der Waals surface area contributed by atoms with E-state index in [1.807, 2.05) is 86.3 Å². The molecule has 174 valence electrons.